The number of nitrogens with two attached hydrogens (primary N) is 1. The van der Waals surface area contributed by atoms with Gasteiger partial charge in [-0.05, 0) is 44.6 Å². The first-order valence-corrected chi connectivity index (χ1v) is 5.46. The Morgan fingerprint density at radius 1 is 1.47 bits per heavy atom. The summed E-state index contributed by atoms with van der Waals surface area (Å²) in [7, 11) is 2.15. The Morgan fingerprint density at radius 2 is 2.27 bits per heavy atom. The van der Waals surface area contributed by atoms with E-state index in [2.05, 4.69) is 36.3 Å². The molecule has 0 radical (unpaired) electrons. The van der Waals surface area contributed by atoms with E-state index in [0.29, 0.717) is 6.04 Å². The van der Waals surface area contributed by atoms with Gasteiger partial charge in [0, 0.05) is 12.6 Å². The third kappa shape index (κ3) is 2.42. The van der Waals surface area contributed by atoms with Gasteiger partial charge >= 0.3 is 0 Å². The molecule has 1 aromatic carbocycles. The first-order valence-electron chi connectivity index (χ1n) is 5.46. The number of hydrogen-bond donors (Lipinski definition) is 2. The van der Waals surface area contributed by atoms with Gasteiger partial charge in [-0.3, -0.25) is 0 Å². The van der Waals surface area contributed by atoms with Crippen molar-refractivity contribution in [1.82, 2.24) is 4.90 Å². The number of nitrogens with one attached hydrogen (secondary N) is 1. The summed E-state index contributed by atoms with van der Waals surface area (Å²) in [6.07, 6.45) is 1.20. The Labute approximate surface area is 91.3 Å². The molecule has 1 aliphatic rings. The quantitative estimate of drug-likeness (QED) is 0.722. The van der Waals surface area contributed by atoms with E-state index in [1.54, 1.807) is 0 Å². The van der Waals surface area contributed by atoms with Crippen molar-refractivity contribution < 1.29 is 0 Å². The summed E-state index contributed by atoms with van der Waals surface area (Å²) in [5.74, 6) is 0. The number of rotatable bonds is 2. The zero-order valence-electron chi connectivity index (χ0n) is 9.46. The lowest BCUT2D eigenvalue weighted by Gasteiger charge is -2.16. The van der Waals surface area contributed by atoms with E-state index in [-0.39, 0.29) is 0 Å². The highest BCUT2D eigenvalue weighted by Crippen LogP contribution is 2.22. The number of likely N-dealkylation sites (tertiary alicyclic amines) is 1. The SMILES string of the molecule is Cc1ccc(NC2CCN(C)C2)c(N)c1. The number of nitrogen functional groups attached to an aromatic ring is 1. The molecular formula is C12H19N3. The molecule has 1 aliphatic heterocycles. The molecule has 0 aromatic heterocycles. The molecule has 0 aliphatic carbocycles. The summed E-state index contributed by atoms with van der Waals surface area (Å²) in [5, 5.41) is 3.50. The normalized spacial score (nSPS) is 21.9. The van der Waals surface area contributed by atoms with Crippen molar-refractivity contribution in [1.29, 1.82) is 0 Å². The molecule has 1 unspecified atom stereocenters. The Balaban J connectivity index is 2.04. The molecule has 1 saturated heterocycles. The summed E-state index contributed by atoms with van der Waals surface area (Å²) >= 11 is 0. The molecule has 0 saturated carbocycles. The van der Waals surface area contributed by atoms with E-state index >= 15 is 0 Å². The van der Waals surface area contributed by atoms with Crippen LogP contribution in [0.3, 0.4) is 0 Å². The third-order valence-corrected chi connectivity index (χ3v) is 2.96. The van der Waals surface area contributed by atoms with E-state index in [0.717, 1.165) is 17.9 Å². The third-order valence-electron chi connectivity index (χ3n) is 2.96. The van der Waals surface area contributed by atoms with Crippen molar-refractivity contribution in [3.8, 4) is 0 Å². The maximum absolute atomic E-state index is 5.96. The van der Waals surface area contributed by atoms with Gasteiger partial charge < -0.3 is 16.0 Å². The van der Waals surface area contributed by atoms with Crippen molar-refractivity contribution in [2.24, 2.45) is 0 Å². The Kier molecular flexibility index (Phi) is 2.82. The predicted octanol–water partition coefficient (Wildman–Crippen LogP) is 1.69. The van der Waals surface area contributed by atoms with Crippen molar-refractivity contribution >= 4 is 11.4 Å². The van der Waals surface area contributed by atoms with E-state index in [4.69, 9.17) is 5.73 Å². The molecule has 3 nitrogen and oxygen atoms in total. The van der Waals surface area contributed by atoms with E-state index in [1.807, 2.05) is 6.07 Å². The minimum absolute atomic E-state index is 0.542. The average Bonchev–Trinajstić information content (AvgIpc) is 2.56. The Bertz CT molecular complexity index is 349. The zero-order chi connectivity index (χ0) is 10.8. The minimum atomic E-state index is 0.542. The van der Waals surface area contributed by atoms with Crippen molar-refractivity contribution in [2.45, 2.75) is 19.4 Å². The smallest absolute Gasteiger partial charge is 0.0576 e. The lowest BCUT2D eigenvalue weighted by Crippen LogP contribution is -2.23. The van der Waals surface area contributed by atoms with Gasteiger partial charge in [0.2, 0.25) is 0 Å². The molecular weight excluding hydrogens is 186 g/mol. The van der Waals surface area contributed by atoms with Crippen LogP contribution in [0.2, 0.25) is 0 Å². The molecule has 1 heterocycles. The molecule has 3 heteroatoms. The van der Waals surface area contributed by atoms with Crippen LogP contribution in [-0.2, 0) is 0 Å². The van der Waals surface area contributed by atoms with Crippen LogP contribution in [-0.4, -0.2) is 31.1 Å². The van der Waals surface area contributed by atoms with Gasteiger partial charge in [-0.2, -0.15) is 0 Å². The van der Waals surface area contributed by atoms with Crippen LogP contribution in [0.5, 0.6) is 0 Å². The molecule has 1 fully saturated rings. The fraction of sp³-hybridized carbons (Fsp3) is 0.500. The fourth-order valence-electron chi connectivity index (χ4n) is 2.09. The van der Waals surface area contributed by atoms with Gasteiger partial charge in [0.05, 0.1) is 11.4 Å². The van der Waals surface area contributed by atoms with Crippen LogP contribution in [0.4, 0.5) is 11.4 Å². The van der Waals surface area contributed by atoms with Crippen LogP contribution >= 0.6 is 0 Å². The average molecular weight is 205 g/mol. The number of likely N-dealkylation sites (N-methyl/N-ethyl adjacent to an activating group) is 1. The molecule has 2 rings (SSSR count). The van der Waals surface area contributed by atoms with Gasteiger partial charge in [-0.25, -0.2) is 0 Å². The first kappa shape index (κ1) is 10.3. The summed E-state index contributed by atoms with van der Waals surface area (Å²) in [6.45, 7) is 4.33. The molecule has 82 valence electrons. The molecule has 1 atom stereocenters. The summed E-state index contributed by atoms with van der Waals surface area (Å²) in [5.41, 5.74) is 9.09. The highest BCUT2D eigenvalue weighted by atomic mass is 15.2. The monoisotopic (exact) mass is 205 g/mol. The maximum atomic E-state index is 5.96. The largest absolute Gasteiger partial charge is 0.397 e. The molecule has 0 spiro atoms. The minimum Gasteiger partial charge on any atom is -0.397 e. The van der Waals surface area contributed by atoms with Crippen molar-refractivity contribution in [3.63, 3.8) is 0 Å². The van der Waals surface area contributed by atoms with Gasteiger partial charge in [0.15, 0.2) is 0 Å². The van der Waals surface area contributed by atoms with Gasteiger partial charge in [-0.15, -0.1) is 0 Å². The van der Waals surface area contributed by atoms with Crippen LogP contribution < -0.4 is 11.1 Å². The molecule has 0 bridgehead atoms. The van der Waals surface area contributed by atoms with Crippen LogP contribution in [0.1, 0.15) is 12.0 Å². The summed E-state index contributed by atoms with van der Waals surface area (Å²) in [6, 6.07) is 6.72. The molecule has 15 heavy (non-hydrogen) atoms. The number of benzene rings is 1. The zero-order valence-corrected chi connectivity index (χ0v) is 9.46. The Morgan fingerprint density at radius 3 is 2.87 bits per heavy atom. The van der Waals surface area contributed by atoms with Crippen LogP contribution in [0, 0.1) is 6.92 Å². The Hall–Kier alpha value is -1.22. The number of aryl methyl sites for hydroxylation is 1. The van der Waals surface area contributed by atoms with Gasteiger partial charge in [0.25, 0.3) is 0 Å². The number of anilines is 2. The first-order chi connectivity index (χ1) is 7.15. The van der Waals surface area contributed by atoms with E-state index in [9.17, 15) is 0 Å². The van der Waals surface area contributed by atoms with Gasteiger partial charge in [0.1, 0.15) is 0 Å². The predicted molar refractivity (Wildman–Crippen MR) is 65.1 cm³/mol. The summed E-state index contributed by atoms with van der Waals surface area (Å²) in [4.78, 5) is 2.34. The van der Waals surface area contributed by atoms with Crippen LogP contribution in [0.15, 0.2) is 18.2 Å². The number of nitrogens with zero attached hydrogens (tertiary/aromatic N) is 1. The van der Waals surface area contributed by atoms with E-state index < -0.39 is 0 Å². The lowest BCUT2D eigenvalue weighted by molar-refractivity contribution is 0.414. The molecule has 0 amide bonds. The van der Waals surface area contributed by atoms with Crippen molar-refractivity contribution in [2.75, 3.05) is 31.2 Å². The second-order valence-electron chi connectivity index (χ2n) is 4.48. The second-order valence-corrected chi connectivity index (χ2v) is 4.48. The van der Waals surface area contributed by atoms with Gasteiger partial charge in [-0.1, -0.05) is 6.07 Å². The standard InChI is InChI=1S/C12H19N3/c1-9-3-4-12(11(13)7-9)14-10-5-6-15(2)8-10/h3-4,7,10,14H,5-6,8,13H2,1-2H3. The maximum Gasteiger partial charge on any atom is 0.0576 e. The molecule has 3 N–H and O–H groups in total. The van der Waals surface area contributed by atoms with Crippen molar-refractivity contribution in [3.05, 3.63) is 23.8 Å². The molecule has 1 aromatic rings. The fourth-order valence-corrected chi connectivity index (χ4v) is 2.09. The summed E-state index contributed by atoms with van der Waals surface area (Å²) < 4.78 is 0. The highest BCUT2D eigenvalue weighted by Gasteiger charge is 2.19. The number of hydrogen-bond acceptors (Lipinski definition) is 3. The lowest BCUT2D eigenvalue weighted by atomic mass is 10.1. The second kappa shape index (κ2) is 4.11. The topological polar surface area (TPSA) is 41.3 Å². The van der Waals surface area contributed by atoms with Crippen LogP contribution in [0.25, 0.3) is 0 Å². The van der Waals surface area contributed by atoms with E-state index in [1.165, 1.54) is 18.5 Å². The highest BCUT2D eigenvalue weighted by molar-refractivity contribution is 5.67.